The van der Waals surface area contributed by atoms with Crippen LogP contribution in [-0.2, 0) is 9.59 Å². The molecule has 0 aromatic rings. The summed E-state index contributed by atoms with van der Waals surface area (Å²) in [6.07, 6.45) is 1.74. The summed E-state index contributed by atoms with van der Waals surface area (Å²) >= 11 is 0. The van der Waals surface area contributed by atoms with Crippen LogP contribution in [0, 0.1) is 5.92 Å². The Kier molecular flexibility index (Phi) is 2.64. The number of likely N-dealkylation sites (tertiary alicyclic amines) is 1. The SMILES string of the molecule is C=CC(=O)N1CCC(C(=O)O)C1(C)C. The third-order valence-electron chi connectivity index (χ3n) is 2.93. The van der Waals surface area contributed by atoms with Crippen LogP contribution in [0.5, 0.6) is 0 Å². The van der Waals surface area contributed by atoms with Crippen molar-refractivity contribution < 1.29 is 14.7 Å². The molecule has 78 valence electrons. The highest BCUT2D eigenvalue weighted by molar-refractivity contribution is 5.89. The number of carbonyl (C=O) groups is 2. The van der Waals surface area contributed by atoms with Gasteiger partial charge >= 0.3 is 5.97 Å². The number of amides is 1. The van der Waals surface area contributed by atoms with Crippen molar-refractivity contribution in [2.45, 2.75) is 25.8 Å². The van der Waals surface area contributed by atoms with Gasteiger partial charge in [0, 0.05) is 6.54 Å². The van der Waals surface area contributed by atoms with E-state index >= 15 is 0 Å². The summed E-state index contributed by atoms with van der Waals surface area (Å²) in [6.45, 7) is 7.45. The van der Waals surface area contributed by atoms with Crippen molar-refractivity contribution >= 4 is 11.9 Å². The van der Waals surface area contributed by atoms with Gasteiger partial charge in [0.2, 0.25) is 5.91 Å². The first-order valence-corrected chi connectivity index (χ1v) is 4.58. The zero-order valence-electron chi connectivity index (χ0n) is 8.49. The minimum Gasteiger partial charge on any atom is -0.481 e. The molecule has 14 heavy (non-hydrogen) atoms. The molecule has 1 rings (SSSR count). The minimum atomic E-state index is -0.839. The molecule has 0 aromatic heterocycles. The van der Waals surface area contributed by atoms with Gasteiger partial charge in [-0.05, 0) is 26.3 Å². The molecule has 1 atom stereocenters. The van der Waals surface area contributed by atoms with E-state index < -0.39 is 17.4 Å². The van der Waals surface area contributed by atoms with Gasteiger partial charge in [-0.1, -0.05) is 6.58 Å². The number of carboxylic acid groups (broad SMARTS) is 1. The molecule has 4 heteroatoms. The molecule has 1 aliphatic rings. The third-order valence-corrected chi connectivity index (χ3v) is 2.93. The molecular formula is C10H15NO3. The molecule has 4 nitrogen and oxygen atoms in total. The molecular weight excluding hydrogens is 182 g/mol. The molecule has 0 bridgehead atoms. The molecule has 0 aliphatic carbocycles. The van der Waals surface area contributed by atoms with E-state index in [4.69, 9.17) is 5.11 Å². The Morgan fingerprint density at radius 1 is 1.57 bits per heavy atom. The van der Waals surface area contributed by atoms with Crippen LogP contribution in [0.1, 0.15) is 20.3 Å². The molecule has 1 aliphatic heterocycles. The average Bonchev–Trinajstić information content (AvgIpc) is 2.39. The number of carbonyl (C=O) groups excluding carboxylic acids is 1. The fourth-order valence-corrected chi connectivity index (χ4v) is 2.02. The maximum atomic E-state index is 11.4. The Hall–Kier alpha value is -1.32. The Labute approximate surface area is 83.2 Å². The van der Waals surface area contributed by atoms with Crippen LogP contribution in [-0.4, -0.2) is 34.0 Å². The molecule has 1 saturated heterocycles. The molecule has 1 amide bonds. The predicted octanol–water partition coefficient (Wildman–Crippen LogP) is 0.884. The van der Waals surface area contributed by atoms with Crippen LogP contribution >= 0.6 is 0 Å². The van der Waals surface area contributed by atoms with Gasteiger partial charge in [-0.15, -0.1) is 0 Å². The van der Waals surface area contributed by atoms with Gasteiger partial charge in [-0.2, -0.15) is 0 Å². The monoisotopic (exact) mass is 197 g/mol. The van der Waals surface area contributed by atoms with Gasteiger partial charge in [0.05, 0.1) is 11.5 Å². The van der Waals surface area contributed by atoms with E-state index in [1.54, 1.807) is 18.7 Å². The topological polar surface area (TPSA) is 57.6 Å². The van der Waals surface area contributed by atoms with E-state index in [0.717, 1.165) is 0 Å². The van der Waals surface area contributed by atoms with E-state index in [2.05, 4.69) is 6.58 Å². The zero-order chi connectivity index (χ0) is 10.9. The van der Waals surface area contributed by atoms with E-state index in [0.29, 0.717) is 13.0 Å². The summed E-state index contributed by atoms with van der Waals surface area (Å²) in [5.41, 5.74) is -0.614. The van der Waals surface area contributed by atoms with E-state index in [1.165, 1.54) is 6.08 Å². The maximum Gasteiger partial charge on any atom is 0.308 e. The molecule has 1 unspecified atom stereocenters. The van der Waals surface area contributed by atoms with E-state index in [9.17, 15) is 9.59 Å². The fourth-order valence-electron chi connectivity index (χ4n) is 2.02. The molecule has 0 aromatic carbocycles. The van der Waals surface area contributed by atoms with Crippen molar-refractivity contribution in [3.8, 4) is 0 Å². The summed E-state index contributed by atoms with van der Waals surface area (Å²) in [5.74, 6) is -1.51. The van der Waals surface area contributed by atoms with Crippen LogP contribution in [0.2, 0.25) is 0 Å². The lowest BCUT2D eigenvalue weighted by atomic mass is 9.88. The lowest BCUT2D eigenvalue weighted by Gasteiger charge is -2.33. The van der Waals surface area contributed by atoms with Crippen LogP contribution < -0.4 is 0 Å². The maximum absolute atomic E-state index is 11.4. The van der Waals surface area contributed by atoms with Gasteiger partial charge in [0.15, 0.2) is 0 Å². The van der Waals surface area contributed by atoms with Crippen molar-refractivity contribution in [3.63, 3.8) is 0 Å². The molecule has 1 heterocycles. The number of nitrogens with zero attached hydrogens (tertiary/aromatic N) is 1. The summed E-state index contributed by atoms with van der Waals surface area (Å²) < 4.78 is 0. The van der Waals surface area contributed by atoms with Crippen molar-refractivity contribution in [2.24, 2.45) is 5.92 Å². The first-order chi connectivity index (χ1) is 6.41. The number of hydrogen-bond donors (Lipinski definition) is 1. The Morgan fingerprint density at radius 3 is 2.50 bits per heavy atom. The quantitative estimate of drug-likeness (QED) is 0.669. The van der Waals surface area contributed by atoms with Crippen molar-refractivity contribution in [1.29, 1.82) is 0 Å². The van der Waals surface area contributed by atoms with Crippen LogP contribution in [0.15, 0.2) is 12.7 Å². The van der Waals surface area contributed by atoms with Gasteiger partial charge in [-0.3, -0.25) is 9.59 Å². The number of aliphatic carboxylic acids is 1. The lowest BCUT2D eigenvalue weighted by Crippen LogP contribution is -2.47. The van der Waals surface area contributed by atoms with Crippen LogP contribution in [0.3, 0.4) is 0 Å². The van der Waals surface area contributed by atoms with Crippen LogP contribution in [0.4, 0.5) is 0 Å². The lowest BCUT2D eigenvalue weighted by molar-refractivity contribution is -0.145. The normalized spacial score (nSPS) is 24.7. The summed E-state index contributed by atoms with van der Waals surface area (Å²) in [7, 11) is 0. The fraction of sp³-hybridized carbons (Fsp3) is 0.600. The smallest absolute Gasteiger partial charge is 0.308 e. The first kappa shape index (κ1) is 10.8. The van der Waals surface area contributed by atoms with Gasteiger partial charge in [-0.25, -0.2) is 0 Å². The summed E-state index contributed by atoms with van der Waals surface area (Å²) in [6, 6.07) is 0. The molecule has 1 N–H and O–H groups in total. The minimum absolute atomic E-state index is 0.196. The first-order valence-electron chi connectivity index (χ1n) is 4.58. The highest BCUT2D eigenvalue weighted by atomic mass is 16.4. The molecule has 1 fully saturated rings. The molecule has 0 saturated carbocycles. The van der Waals surface area contributed by atoms with Gasteiger partial charge in [0.1, 0.15) is 0 Å². The second kappa shape index (κ2) is 3.44. The largest absolute Gasteiger partial charge is 0.481 e. The van der Waals surface area contributed by atoms with Crippen LogP contribution in [0.25, 0.3) is 0 Å². The Morgan fingerprint density at radius 2 is 2.14 bits per heavy atom. The van der Waals surface area contributed by atoms with E-state index in [1.807, 2.05) is 0 Å². The number of rotatable bonds is 2. The zero-order valence-corrected chi connectivity index (χ0v) is 8.49. The molecule has 0 spiro atoms. The van der Waals surface area contributed by atoms with Gasteiger partial charge < -0.3 is 10.0 Å². The van der Waals surface area contributed by atoms with Crippen molar-refractivity contribution in [2.75, 3.05) is 6.54 Å². The third kappa shape index (κ3) is 1.52. The standard InChI is InChI=1S/C10H15NO3/c1-4-8(12)11-6-5-7(9(13)14)10(11,2)3/h4,7H,1,5-6H2,2-3H3,(H,13,14). The summed E-state index contributed by atoms with van der Waals surface area (Å²) in [4.78, 5) is 23.9. The highest BCUT2D eigenvalue weighted by Gasteiger charge is 2.46. The van der Waals surface area contributed by atoms with Crippen molar-refractivity contribution in [1.82, 2.24) is 4.90 Å². The Balaban J connectivity index is 2.91. The average molecular weight is 197 g/mol. The predicted molar refractivity (Wildman–Crippen MR) is 51.7 cm³/mol. The summed E-state index contributed by atoms with van der Waals surface area (Å²) in [5, 5.41) is 8.96. The highest BCUT2D eigenvalue weighted by Crippen LogP contribution is 2.34. The number of carboxylic acids is 1. The Bertz CT molecular complexity index is 283. The van der Waals surface area contributed by atoms with Gasteiger partial charge in [0.25, 0.3) is 0 Å². The number of hydrogen-bond acceptors (Lipinski definition) is 2. The molecule has 0 radical (unpaired) electrons. The second-order valence-corrected chi connectivity index (χ2v) is 4.03. The second-order valence-electron chi connectivity index (χ2n) is 4.03. The van der Waals surface area contributed by atoms with Crippen molar-refractivity contribution in [3.05, 3.63) is 12.7 Å². The van der Waals surface area contributed by atoms with E-state index in [-0.39, 0.29) is 5.91 Å².